The fourth-order valence-corrected chi connectivity index (χ4v) is 2.01. The van der Waals surface area contributed by atoms with E-state index in [-0.39, 0.29) is 5.91 Å². The maximum Gasteiger partial charge on any atom is 0.221 e. The van der Waals surface area contributed by atoms with Crippen LogP contribution >= 0.6 is 0 Å². The molecule has 1 amide bonds. The van der Waals surface area contributed by atoms with Gasteiger partial charge in [0.25, 0.3) is 0 Å². The minimum atomic E-state index is -0.0711. The van der Waals surface area contributed by atoms with Gasteiger partial charge in [-0.3, -0.25) is 4.79 Å². The third-order valence-electron chi connectivity index (χ3n) is 2.99. The second-order valence-electron chi connectivity index (χ2n) is 4.79. The van der Waals surface area contributed by atoms with Crippen molar-refractivity contribution < 1.29 is 4.79 Å². The minimum Gasteiger partial charge on any atom is -0.326 e. The fraction of sp³-hybridized carbons (Fsp3) is 0.176. The monoisotopic (exact) mass is 279 g/mol. The van der Waals surface area contributed by atoms with Crippen LogP contribution < -0.4 is 10.6 Å². The third-order valence-corrected chi connectivity index (χ3v) is 2.99. The number of amides is 1. The van der Waals surface area contributed by atoms with Gasteiger partial charge in [0.1, 0.15) is 0 Å². The quantitative estimate of drug-likeness (QED) is 0.884. The summed E-state index contributed by atoms with van der Waals surface area (Å²) in [5.74, 6) is -0.0711. The van der Waals surface area contributed by atoms with Crippen molar-refractivity contribution in [3.05, 3.63) is 65.2 Å². The van der Waals surface area contributed by atoms with Crippen molar-refractivity contribution in [1.82, 2.24) is 5.32 Å². The van der Waals surface area contributed by atoms with Gasteiger partial charge in [-0.25, -0.2) is 0 Å². The van der Waals surface area contributed by atoms with Gasteiger partial charge < -0.3 is 10.6 Å². The molecule has 0 heterocycles. The summed E-state index contributed by atoms with van der Waals surface area (Å²) >= 11 is 0. The van der Waals surface area contributed by atoms with Crippen LogP contribution in [0.2, 0.25) is 0 Å². The Labute approximate surface area is 124 Å². The molecule has 0 aliphatic carbocycles. The van der Waals surface area contributed by atoms with E-state index in [0.29, 0.717) is 12.1 Å². The summed E-state index contributed by atoms with van der Waals surface area (Å²) in [6, 6.07) is 17.4. The predicted octanol–water partition coefficient (Wildman–Crippen LogP) is 2.81. The highest BCUT2D eigenvalue weighted by molar-refractivity contribution is 5.88. The summed E-state index contributed by atoms with van der Waals surface area (Å²) in [5, 5.41) is 14.9. The summed E-state index contributed by atoms with van der Waals surface area (Å²) in [6.45, 7) is 2.94. The second kappa shape index (κ2) is 7.22. The Hall–Kier alpha value is -2.64. The van der Waals surface area contributed by atoms with Crippen molar-refractivity contribution in [2.24, 2.45) is 0 Å². The number of hydrogen-bond acceptors (Lipinski definition) is 3. The topological polar surface area (TPSA) is 64.9 Å². The molecular formula is C17H17N3O. The Morgan fingerprint density at radius 2 is 1.81 bits per heavy atom. The maximum absolute atomic E-state index is 10.9. The van der Waals surface area contributed by atoms with E-state index in [4.69, 9.17) is 5.26 Å². The van der Waals surface area contributed by atoms with Crippen LogP contribution in [0.3, 0.4) is 0 Å². The molecule has 0 unspecified atom stereocenters. The van der Waals surface area contributed by atoms with Crippen molar-refractivity contribution in [3.8, 4) is 6.07 Å². The molecule has 0 spiro atoms. The lowest BCUT2D eigenvalue weighted by atomic mass is 10.1. The number of anilines is 1. The van der Waals surface area contributed by atoms with Gasteiger partial charge in [-0.1, -0.05) is 24.3 Å². The molecule has 0 radical (unpaired) electrons. The van der Waals surface area contributed by atoms with Crippen molar-refractivity contribution in [2.75, 3.05) is 5.32 Å². The average molecular weight is 279 g/mol. The van der Waals surface area contributed by atoms with Crippen LogP contribution in [0.5, 0.6) is 0 Å². The van der Waals surface area contributed by atoms with Crippen LogP contribution in [0, 0.1) is 11.3 Å². The van der Waals surface area contributed by atoms with Crippen molar-refractivity contribution >= 4 is 11.6 Å². The van der Waals surface area contributed by atoms with Gasteiger partial charge in [0.2, 0.25) is 5.91 Å². The number of benzene rings is 2. The first-order valence-corrected chi connectivity index (χ1v) is 6.73. The van der Waals surface area contributed by atoms with Gasteiger partial charge in [0.15, 0.2) is 0 Å². The normalized spacial score (nSPS) is 9.90. The van der Waals surface area contributed by atoms with Crippen LogP contribution in [0.4, 0.5) is 5.69 Å². The zero-order valence-corrected chi connectivity index (χ0v) is 11.9. The van der Waals surface area contributed by atoms with Crippen LogP contribution in [0.1, 0.15) is 23.6 Å². The highest BCUT2D eigenvalue weighted by Gasteiger charge is 1.98. The number of nitriles is 1. The number of hydrogen-bond donors (Lipinski definition) is 2. The molecule has 2 rings (SSSR count). The molecule has 0 bridgehead atoms. The van der Waals surface area contributed by atoms with Crippen LogP contribution in [0.25, 0.3) is 0 Å². The first kappa shape index (κ1) is 14.8. The van der Waals surface area contributed by atoms with Crippen LogP contribution in [-0.2, 0) is 17.9 Å². The number of nitrogens with zero attached hydrogens (tertiary/aromatic N) is 1. The smallest absolute Gasteiger partial charge is 0.221 e. The molecule has 0 fully saturated rings. The second-order valence-corrected chi connectivity index (χ2v) is 4.79. The summed E-state index contributed by atoms with van der Waals surface area (Å²) in [6.07, 6.45) is 0. The Morgan fingerprint density at radius 3 is 2.48 bits per heavy atom. The van der Waals surface area contributed by atoms with Crippen molar-refractivity contribution in [1.29, 1.82) is 5.26 Å². The molecule has 0 aliphatic rings. The molecule has 0 aromatic heterocycles. The Bertz CT molecular complexity index is 656. The average Bonchev–Trinajstić information content (AvgIpc) is 2.49. The van der Waals surface area contributed by atoms with E-state index in [1.165, 1.54) is 6.92 Å². The first-order chi connectivity index (χ1) is 10.2. The number of carbonyl (C=O) groups is 1. The Morgan fingerprint density at radius 1 is 1.10 bits per heavy atom. The van der Waals surface area contributed by atoms with E-state index >= 15 is 0 Å². The lowest BCUT2D eigenvalue weighted by Crippen LogP contribution is -2.13. The predicted molar refractivity (Wildman–Crippen MR) is 82.4 cm³/mol. The molecular weight excluding hydrogens is 262 g/mol. The Balaban J connectivity index is 1.85. The summed E-state index contributed by atoms with van der Waals surface area (Å²) in [4.78, 5) is 10.9. The Kier molecular flexibility index (Phi) is 5.08. The third kappa shape index (κ3) is 4.75. The molecule has 106 valence electrons. The van der Waals surface area contributed by atoms with Gasteiger partial charge in [-0.2, -0.15) is 5.26 Å². The van der Waals surface area contributed by atoms with E-state index < -0.39 is 0 Å². The molecule has 4 nitrogen and oxygen atoms in total. The van der Waals surface area contributed by atoms with E-state index in [1.807, 2.05) is 42.5 Å². The van der Waals surface area contributed by atoms with E-state index in [2.05, 4.69) is 16.7 Å². The fourth-order valence-electron chi connectivity index (χ4n) is 2.01. The van der Waals surface area contributed by atoms with E-state index in [9.17, 15) is 4.79 Å². The van der Waals surface area contributed by atoms with Gasteiger partial charge in [-0.15, -0.1) is 0 Å². The minimum absolute atomic E-state index is 0.0711. The molecule has 2 aromatic carbocycles. The molecule has 2 aromatic rings. The SMILES string of the molecule is CC(=O)Nc1ccc(CNCc2cccc(C#N)c2)cc1. The van der Waals surface area contributed by atoms with Crippen LogP contribution in [0.15, 0.2) is 48.5 Å². The highest BCUT2D eigenvalue weighted by atomic mass is 16.1. The van der Waals surface area contributed by atoms with Crippen molar-refractivity contribution in [3.63, 3.8) is 0 Å². The lowest BCUT2D eigenvalue weighted by Gasteiger charge is -2.07. The number of rotatable bonds is 5. The van der Waals surface area contributed by atoms with E-state index in [0.717, 1.165) is 23.4 Å². The maximum atomic E-state index is 10.9. The number of carbonyl (C=O) groups excluding carboxylic acids is 1. The van der Waals surface area contributed by atoms with Gasteiger partial charge in [-0.05, 0) is 35.4 Å². The van der Waals surface area contributed by atoms with E-state index in [1.54, 1.807) is 6.07 Å². The molecule has 0 saturated carbocycles. The largest absolute Gasteiger partial charge is 0.326 e. The summed E-state index contributed by atoms with van der Waals surface area (Å²) < 4.78 is 0. The lowest BCUT2D eigenvalue weighted by molar-refractivity contribution is -0.114. The van der Waals surface area contributed by atoms with Crippen LogP contribution in [-0.4, -0.2) is 5.91 Å². The highest BCUT2D eigenvalue weighted by Crippen LogP contribution is 2.10. The molecule has 21 heavy (non-hydrogen) atoms. The summed E-state index contributed by atoms with van der Waals surface area (Å²) in [5.41, 5.74) is 3.70. The zero-order valence-electron chi connectivity index (χ0n) is 11.9. The zero-order chi connectivity index (χ0) is 15.1. The molecule has 0 atom stereocenters. The van der Waals surface area contributed by atoms with Gasteiger partial charge >= 0.3 is 0 Å². The molecule has 0 saturated heterocycles. The standard InChI is InChI=1S/C17H17N3O/c1-13(21)20-17-7-5-14(6-8-17)11-19-12-16-4-2-3-15(9-16)10-18/h2-9,19H,11-12H2,1H3,(H,20,21). The molecule has 0 aliphatic heterocycles. The van der Waals surface area contributed by atoms with Gasteiger partial charge in [0.05, 0.1) is 11.6 Å². The van der Waals surface area contributed by atoms with Crippen molar-refractivity contribution in [2.45, 2.75) is 20.0 Å². The molecule has 2 N–H and O–H groups in total. The number of nitrogens with one attached hydrogen (secondary N) is 2. The van der Waals surface area contributed by atoms with Gasteiger partial charge in [0, 0.05) is 25.7 Å². The first-order valence-electron chi connectivity index (χ1n) is 6.73. The molecule has 4 heteroatoms. The summed E-state index contributed by atoms with van der Waals surface area (Å²) in [7, 11) is 0.